The Labute approximate surface area is 126 Å². The van der Waals surface area contributed by atoms with Gasteiger partial charge in [-0.2, -0.15) is 5.10 Å². The molecule has 0 atom stereocenters. The minimum absolute atomic E-state index is 0.000162. The molecule has 6 nitrogen and oxygen atoms in total. The molecule has 0 aliphatic carbocycles. The van der Waals surface area contributed by atoms with Crippen LogP contribution in [0.25, 0.3) is 0 Å². The smallest absolute Gasteiger partial charge is 0.272 e. The highest BCUT2D eigenvalue weighted by Gasteiger charge is 2.04. The lowest BCUT2D eigenvalue weighted by atomic mass is 10.1. The topological polar surface area (TPSA) is 91.9 Å². The van der Waals surface area contributed by atoms with Crippen molar-refractivity contribution in [3.05, 3.63) is 63.6 Å². The number of Topliss-reactive ketones (excluding diaryl/α,β-unsaturated/α-hetero) is 1. The van der Waals surface area contributed by atoms with Crippen LogP contribution in [-0.4, -0.2) is 28.4 Å². The molecule has 6 heteroatoms. The zero-order valence-electron chi connectivity index (χ0n) is 11.8. The minimum atomic E-state index is -0.419. The average Bonchev–Trinajstić information content (AvgIpc) is 2.52. The van der Waals surface area contributed by atoms with Crippen molar-refractivity contribution in [2.45, 2.75) is 6.92 Å². The number of aromatic nitrogens is 2. The largest absolute Gasteiger partial charge is 0.340 e. The van der Waals surface area contributed by atoms with E-state index in [1.54, 1.807) is 24.3 Å². The molecule has 2 aromatic rings. The molecule has 1 aromatic carbocycles. The van der Waals surface area contributed by atoms with Gasteiger partial charge in [0.1, 0.15) is 5.69 Å². The molecule has 0 bridgehead atoms. The molecule has 2 rings (SSSR count). The SMILES string of the molecule is CC(=O)c1ccc(C#CCNC(=O)c2ccc(=O)[nH]n2)cc1. The minimum Gasteiger partial charge on any atom is -0.340 e. The molecule has 0 aliphatic heterocycles. The number of nitrogens with zero attached hydrogens (tertiary/aromatic N) is 1. The van der Waals surface area contributed by atoms with Crippen molar-refractivity contribution >= 4 is 11.7 Å². The van der Waals surface area contributed by atoms with Gasteiger partial charge in [0, 0.05) is 17.2 Å². The molecule has 0 saturated heterocycles. The van der Waals surface area contributed by atoms with E-state index < -0.39 is 5.91 Å². The van der Waals surface area contributed by atoms with E-state index in [-0.39, 0.29) is 23.6 Å². The molecule has 0 spiro atoms. The summed E-state index contributed by atoms with van der Waals surface area (Å²) in [6, 6.07) is 9.46. The van der Waals surface area contributed by atoms with Crippen LogP contribution in [0, 0.1) is 11.8 Å². The molecule has 1 aromatic heterocycles. The van der Waals surface area contributed by atoms with Crippen LogP contribution in [0.1, 0.15) is 33.3 Å². The van der Waals surface area contributed by atoms with Gasteiger partial charge in [-0.05, 0) is 25.1 Å². The summed E-state index contributed by atoms with van der Waals surface area (Å²) in [6.45, 7) is 1.65. The third-order valence-electron chi connectivity index (χ3n) is 2.77. The average molecular weight is 295 g/mol. The third-order valence-corrected chi connectivity index (χ3v) is 2.77. The van der Waals surface area contributed by atoms with Crippen LogP contribution in [0.2, 0.25) is 0 Å². The van der Waals surface area contributed by atoms with Crippen LogP contribution in [0.5, 0.6) is 0 Å². The number of aromatic amines is 1. The van der Waals surface area contributed by atoms with E-state index in [9.17, 15) is 14.4 Å². The Hall–Kier alpha value is -3.20. The van der Waals surface area contributed by atoms with Crippen molar-refractivity contribution in [3.8, 4) is 11.8 Å². The van der Waals surface area contributed by atoms with Gasteiger partial charge in [-0.1, -0.05) is 24.0 Å². The Bertz CT molecular complexity index is 791. The molecule has 0 radical (unpaired) electrons. The van der Waals surface area contributed by atoms with Crippen LogP contribution in [-0.2, 0) is 0 Å². The molecule has 0 aliphatic rings. The number of H-pyrrole nitrogens is 1. The standard InChI is InChI=1S/C16H13N3O3/c1-11(20)13-6-4-12(5-7-13)3-2-10-17-16(22)14-8-9-15(21)19-18-14/h4-9H,10H2,1H3,(H,17,22)(H,19,21). The van der Waals surface area contributed by atoms with Crippen LogP contribution in [0.15, 0.2) is 41.2 Å². The Morgan fingerprint density at radius 2 is 1.91 bits per heavy atom. The van der Waals surface area contributed by atoms with E-state index >= 15 is 0 Å². The number of carbonyl (C=O) groups excluding carboxylic acids is 2. The quantitative estimate of drug-likeness (QED) is 0.646. The highest BCUT2D eigenvalue weighted by Crippen LogP contribution is 2.03. The molecule has 0 saturated carbocycles. The van der Waals surface area contributed by atoms with Gasteiger partial charge in [0.15, 0.2) is 5.78 Å². The molecule has 0 fully saturated rings. The first kappa shape index (κ1) is 15.2. The molecule has 0 unspecified atom stereocenters. The Morgan fingerprint density at radius 1 is 1.18 bits per heavy atom. The Morgan fingerprint density at radius 3 is 2.50 bits per heavy atom. The first-order chi connectivity index (χ1) is 10.6. The lowest BCUT2D eigenvalue weighted by Gasteiger charge is -1.99. The summed E-state index contributed by atoms with van der Waals surface area (Å²) in [6.07, 6.45) is 0. The second-order valence-corrected chi connectivity index (χ2v) is 4.42. The maximum atomic E-state index is 11.7. The fourth-order valence-corrected chi connectivity index (χ4v) is 1.62. The highest BCUT2D eigenvalue weighted by molar-refractivity contribution is 5.94. The molecule has 22 heavy (non-hydrogen) atoms. The van der Waals surface area contributed by atoms with Crippen molar-refractivity contribution in [3.63, 3.8) is 0 Å². The molecular weight excluding hydrogens is 282 g/mol. The number of hydrogen-bond acceptors (Lipinski definition) is 4. The summed E-state index contributed by atoms with van der Waals surface area (Å²) in [7, 11) is 0. The van der Waals surface area contributed by atoms with E-state index in [0.717, 1.165) is 5.56 Å². The van der Waals surface area contributed by atoms with Gasteiger partial charge in [0.2, 0.25) is 0 Å². The van der Waals surface area contributed by atoms with Crippen LogP contribution >= 0.6 is 0 Å². The number of rotatable bonds is 3. The maximum Gasteiger partial charge on any atom is 0.272 e. The van der Waals surface area contributed by atoms with Gasteiger partial charge in [-0.3, -0.25) is 14.4 Å². The fourth-order valence-electron chi connectivity index (χ4n) is 1.62. The number of carbonyl (C=O) groups is 2. The molecule has 2 N–H and O–H groups in total. The van der Waals surface area contributed by atoms with Crippen molar-refractivity contribution in [2.75, 3.05) is 6.54 Å². The van der Waals surface area contributed by atoms with E-state index in [0.29, 0.717) is 5.56 Å². The summed E-state index contributed by atoms with van der Waals surface area (Å²) < 4.78 is 0. The maximum absolute atomic E-state index is 11.7. The first-order valence-corrected chi connectivity index (χ1v) is 6.50. The summed E-state index contributed by atoms with van der Waals surface area (Å²) >= 11 is 0. The van der Waals surface area contributed by atoms with Gasteiger partial charge in [-0.15, -0.1) is 0 Å². The van der Waals surface area contributed by atoms with E-state index in [2.05, 4.69) is 27.4 Å². The fraction of sp³-hybridized carbons (Fsp3) is 0.125. The number of ketones is 1. The second-order valence-electron chi connectivity index (χ2n) is 4.42. The van der Waals surface area contributed by atoms with Gasteiger partial charge < -0.3 is 5.32 Å². The number of nitrogens with one attached hydrogen (secondary N) is 2. The van der Waals surface area contributed by atoms with Gasteiger partial charge in [-0.25, -0.2) is 5.10 Å². The van der Waals surface area contributed by atoms with Gasteiger partial charge >= 0.3 is 0 Å². The Balaban J connectivity index is 1.91. The predicted octanol–water partition coefficient (Wildman–Crippen LogP) is 0.754. The van der Waals surface area contributed by atoms with Gasteiger partial charge in [0.05, 0.1) is 6.54 Å². The summed E-state index contributed by atoms with van der Waals surface area (Å²) in [5, 5.41) is 8.36. The van der Waals surface area contributed by atoms with E-state index in [1.165, 1.54) is 19.1 Å². The Kier molecular flexibility index (Phi) is 4.83. The molecular formula is C16H13N3O3. The molecule has 1 heterocycles. The molecule has 110 valence electrons. The van der Waals surface area contributed by atoms with E-state index in [4.69, 9.17) is 0 Å². The van der Waals surface area contributed by atoms with Crippen molar-refractivity contribution < 1.29 is 9.59 Å². The highest BCUT2D eigenvalue weighted by atomic mass is 16.2. The third kappa shape index (κ3) is 4.15. The summed E-state index contributed by atoms with van der Waals surface area (Å²) in [5.41, 5.74) is 1.13. The second kappa shape index (κ2) is 6.99. The summed E-state index contributed by atoms with van der Waals surface area (Å²) in [5.74, 6) is 5.25. The van der Waals surface area contributed by atoms with Crippen LogP contribution in [0.3, 0.4) is 0 Å². The molecule has 1 amide bonds. The van der Waals surface area contributed by atoms with Crippen molar-refractivity contribution in [2.24, 2.45) is 0 Å². The van der Waals surface area contributed by atoms with Crippen LogP contribution < -0.4 is 10.9 Å². The number of hydrogen-bond donors (Lipinski definition) is 2. The predicted molar refractivity (Wildman–Crippen MR) is 80.5 cm³/mol. The van der Waals surface area contributed by atoms with Gasteiger partial charge in [0.25, 0.3) is 11.5 Å². The number of amides is 1. The number of benzene rings is 1. The van der Waals surface area contributed by atoms with Crippen LogP contribution in [0.4, 0.5) is 0 Å². The monoisotopic (exact) mass is 295 g/mol. The normalized spacial score (nSPS) is 9.50. The lowest BCUT2D eigenvalue weighted by Crippen LogP contribution is -2.26. The van der Waals surface area contributed by atoms with E-state index in [1.807, 2.05) is 0 Å². The van der Waals surface area contributed by atoms with Crippen molar-refractivity contribution in [1.29, 1.82) is 0 Å². The summed E-state index contributed by atoms with van der Waals surface area (Å²) in [4.78, 5) is 33.7. The lowest BCUT2D eigenvalue weighted by molar-refractivity contribution is 0.0951. The zero-order chi connectivity index (χ0) is 15.9. The first-order valence-electron chi connectivity index (χ1n) is 6.50. The zero-order valence-corrected chi connectivity index (χ0v) is 11.8. The van der Waals surface area contributed by atoms with Crippen molar-refractivity contribution in [1.82, 2.24) is 15.5 Å².